The third-order valence-electron chi connectivity index (χ3n) is 4.44. The van der Waals surface area contributed by atoms with Crippen LogP contribution in [0.1, 0.15) is 25.5 Å². The van der Waals surface area contributed by atoms with Crippen molar-refractivity contribution < 1.29 is 4.42 Å². The quantitative estimate of drug-likeness (QED) is 0.627. The second-order valence-electron chi connectivity index (χ2n) is 6.36. The van der Waals surface area contributed by atoms with Crippen LogP contribution >= 0.6 is 0 Å². The number of piperidine rings is 1. The minimum atomic E-state index is 0.412. The van der Waals surface area contributed by atoms with Gasteiger partial charge in [-0.3, -0.25) is 4.99 Å². The Labute approximate surface area is 150 Å². The number of furan rings is 1. The number of anilines is 1. The number of benzene rings is 1. The van der Waals surface area contributed by atoms with E-state index in [1.807, 2.05) is 12.1 Å². The molecule has 1 saturated heterocycles. The molecule has 3 rings (SSSR count). The Morgan fingerprint density at radius 1 is 1.24 bits per heavy atom. The third kappa shape index (κ3) is 5.28. The summed E-state index contributed by atoms with van der Waals surface area (Å²) in [6.45, 7) is 5.81. The van der Waals surface area contributed by atoms with Crippen molar-refractivity contribution in [2.24, 2.45) is 4.99 Å². The van der Waals surface area contributed by atoms with Crippen LogP contribution in [0.15, 0.2) is 58.1 Å². The second-order valence-corrected chi connectivity index (χ2v) is 6.36. The summed E-state index contributed by atoms with van der Waals surface area (Å²) in [6, 6.07) is 15.0. The Bertz CT molecular complexity index is 639. The monoisotopic (exact) mass is 340 g/mol. The summed E-state index contributed by atoms with van der Waals surface area (Å²) in [7, 11) is 0. The number of guanidine groups is 1. The van der Waals surface area contributed by atoms with Gasteiger partial charge in [-0.15, -0.1) is 0 Å². The predicted molar refractivity (Wildman–Crippen MR) is 103 cm³/mol. The molecule has 0 amide bonds. The molecule has 2 N–H and O–H groups in total. The van der Waals surface area contributed by atoms with Gasteiger partial charge in [0.05, 0.1) is 6.26 Å². The summed E-state index contributed by atoms with van der Waals surface area (Å²) in [5.41, 5.74) is 1.30. The molecule has 1 fully saturated rings. The molecule has 2 heterocycles. The van der Waals surface area contributed by atoms with Crippen molar-refractivity contribution in [2.75, 3.05) is 31.1 Å². The average Bonchev–Trinajstić information content (AvgIpc) is 3.16. The molecule has 134 valence electrons. The third-order valence-corrected chi connectivity index (χ3v) is 4.44. The maximum Gasteiger partial charge on any atom is 0.191 e. The number of nitrogens with one attached hydrogen (secondary N) is 2. The first kappa shape index (κ1) is 17.4. The summed E-state index contributed by atoms with van der Waals surface area (Å²) in [4.78, 5) is 7.15. The number of nitrogens with zero attached hydrogens (tertiary/aromatic N) is 2. The Kier molecular flexibility index (Phi) is 6.37. The summed E-state index contributed by atoms with van der Waals surface area (Å²) in [6.07, 6.45) is 4.90. The molecule has 0 spiro atoms. The SMILES string of the molecule is CCNC(=NCCc1ccco1)NC1CCCN(c2ccccc2)C1. The van der Waals surface area contributed by atoms with Gasteiger partial charge >= 0.3 is 0 Å². The van der Waals surface area contributed by atoms with Crippen molar-refractivity contribution in [3.05, 3.63) is 54.5 Å². The lowest BCUT2D eigenvalue weighted by Crippen LogP contribution is -2.51. The van der Waals surface area contributed by atoms with E-state index in [0.29, 0.717) is 6.04 Å². The minimum absolute atomic E-state index is 0.412. The van der Waals surface area contributed by atoms with Crippen molar-refractivity contribution in [2.45, 2.75) is 32.2 Å². The van der Waals surface area contributed by atoms with Crippen LogP contribution in [0.5, 0.6) is 0 Å². The number of rotatable bonds is 6. The van der Waals surface area contributed by atoms with Crippen LogP contribution in [-0.4, -0.2) is 38.2 Å². The molecule has 25 heavy (non-hydrogen) atoms. The van der Waals surface area contributed by atoms with Crippen molar-refractivity contribution in [1.29, 1.82) is 0 Å². The molecular formula is C20H28N4O. The molecular weight excluding hydrogens is 312 g/mol. The van der Waals surface area contributed by atoms with E-state index in [2.05, 4.69) is 52.8 Å². The lowest BCUT2D eigenvalue weighted by atomic mass is 10.1. The molecule has 1 atom stereocenters. The molecule has 5 nitrogen and oxygen atoms in total. The molecule has 0 aliphatic carbocycles. The molecule has 1 aliphatic rings. The van der Waals surface area contributed by atoms with Crippen LogP contribution in [0.4, 0.5) is 5.69 Å². The fourth-order valence-electron chi connectivity index (χ4n) is 3.21. The first-order valence-corrected chi connectivity index (χ1v) is 9.22. The van der Waals surface area contributed by atoms with E-state index in [-0.39, 0.29) is 0 Å². The van der Waals surface area contributed by atoms with Gasteiger partial charge in [0, 0.05) is 44.3 Å². The number of para-hydroxylation sites is 1. The zero-order valence-electron chi connectivity index (χ0n) is 14.9. The summed E-state index contributed by atoms with van der Waals surface area (Å²) in [5.74, 6) is 1.88. The Hall–Kier alpha value is -2.43. The maximum atomic E-state index is 5.37. The molecule has 0 radical (unpaired) electrons. The van der Waals surface area contributed by atoms with E-state index in [4.69, 9.17) is 9.41 Å². The summed E-state index contributed by atoms with van der Waals surface area (Å²) < 4.78 is 5.37. The first-order chi connectivity index (χ1) is 12.3. The maximum absolute atomic E-state index is 5.37. The Morgan fingerprint density at radius 3 is 2.88 bits per heavy atom. The number of hydrogen-bond donors (Lipinski definition) is 2. The van der Waals surface area contributed by atoms with E-state index >= 15 is 0 Å². The lowest BCUT2D eigenvalue weighted by Gasteiger charge is -2.35. The smallest absolute Gasteiger partial charge is 0.191 e. The number of aliphatic imine (C=N–C) groups is 1. The van der Waals surface area contributed by atoms with E-state index in [0.717, 1.165) is 44.3 Å². The average molecular weight is 340 g/mol. The van der Waals surface area contributed by atoms with E-state index < -0.39 is 0 Å². The molecule has 5 heteroatoms. The van der Waals surface area contributed by atoms with Gasteiger partial charge < -0.3 is 20.0 Å². The first-order valence-electron chi connectivity index (χ1n) is 9.22. The fraction of sp³-hybridized carbons (Fsp3) is 0.450. The van der Waals surface area contributed by atoms with Crippen molar-refractivity contribution in [1.82, 2.24) is 10.6 Å². The summed E-state index contributed by atoms with van der Waals surface area (Å²) in [5, 5.41) is 6.96. The van der Waals surface area contributed by atoms with Crippen LogP contribution in [0.25, 0.3) is 0 Å². The van der Waals surface area contributed by atoms with Gasteiger partial charge in [0.1, 0.15) is 5.76 Å². The lowest BCUT2D eigenvalue weighted by molar-refractivity contribution is 0.467. The highest BCUT2D eigenvalue weighted by atomic mass is 16.3. The van der Waals surface area contributed by atoms with E-state index in [1.165, 1.54) is 18.5 Å². The Morgan fingerprint density at radius 2 is 2.12 bits per heavy atom. The van der Waals surface area contributed by atoms with Crippen LogP contribution in [0.3, 0.4) is 0 Å². The molecule has 1 aliphatic heterocycles. The van der Waals surface area contributed by atoms with Crippen LogP contribution in [0, 0.1) is 0 Å². The van der Waals surface area contributed by atoms with Gasteiger partial charge in [-0.05, 0) is 44.0 Å². The van der Waals surface area contributed by atoms with E-state index in [1.54, 1.807) is 6.26 Å². The van der Waals surface area contributed by atoms with Gasteiger partial charge in [0.2, 0.25) is 0 Å². The van der Waals surface area contributed by atoms with Gasteiger partial charge in [-0.2, -0.15) is 0 Å². The van der Waals surface area contributed by atoms with Gasteiger partial charge in [0.15, 0.2) is 5.96 Å². The highest BCUT2D eigenvalue weighted by Crippen LogP contribution is 2.19. The molecule has 1 aromatic heterocycles. The topological polar surface area (TPSA) is 52.8 Å². The second kappa shape index (κ2) is 9.16. The fourth-order valence-corrected chi connectivity index (χ4v) is 3.21. The van der Waals surface area contributed by atoms with E-state index in [9.17, 15) is 0 Å². The highest BCUT2D eigenvalue weighted by Gasteiger charge is 2.20. The summed E-state index contributed by atoms with van der Waals surface area (Å²) >= 11 is 0. The van der Waals surface area contributed by atoms with Gasteiger partial charge in [-0.25, -0.2) is 0 Å². The normalized spacial score (nSPS) is 18.2. The largest absolute Gasteiger partial charge is 0.469 e. The molecule has 1 aromatic carbocycles. The van der Waals surface area contributed by atoms with Gasteiger partial charge in [-0.1, -0.05) is 18.2 Å². The van der Waals surface area contributed by atoms with Crippen LogP contribution in [-0.2, 0) is 6.42 Å². The highest BCUT2D eigenvalue weighted by molar-refractivity contribution is 5.80. The zero-order valence-corrected chi connectivity index (χ0v) is 14.9. The van der Waals surface area contributed by atoms with Gasteiger partial charge in [0.25, 0.3) is 0 Å². The van der Waals surface area contributed by atoms with Crippen molar-refractivity contribution >= 4 is 11.6 Å². The molecule has 0 saturated carbocycles. The van der Waals surface area contributed by atoms with Crippen LogP contribution < -0.4 is 15.5 Å². The van der Waals surface area contributed by atoms with Crippen LogP contribution in [0.2, 0.25) is 0 Å². The van der Waals surface area contributed by atoms with Crippen molar-refractivity contribution in [3.8, 4) is 0 Å². The molecule has 2 aromatic rings. The standard InChI is InChI=1S/C20H28N4O/c1-2-21-20(22-13-12-19-11-7-15-25-19)23-17-8-6-14-24(16-17)18-9-4-3-5-10-18/h3-5,7,9-11,15,17H,2,6,8,12-14,16H2,1H3,(H2,21,22,23). The molecule has 1 unspecified atom stereocenters. The Balaban J connectivity index is 1.55. The van der Waals surface area contributed by atoms with Crippen molar-refractivity contribution in [3.63, 3.8) is 0 Å². The minimum Gasteiger partial charge on any atom is -0.469 e. The predicted octanol–water partition coefficient (Wildman–Crippen LogP) is 3.05. The zero-order chi connectivity index (χ0) is 17.3. The molecule has 0 bridgehead atoms. The number of hydrogen-bond acceptors (Lipinski definition) is 3.